The summed E-state index contributed by atoms with van der Waals surface area (Å²) in [5, 5.41) is 3.72. The minimum atomic E-state index is 0.161. The molecule has 0 saturated carbocycles. The molecular formula is C19H32N2. The highest BCUT2D eigenvalue weighted by Crippen LogP contribution is 2.28. The number of rotatable bonds is 5. The van der Waals surface area contributed by atoms with Crippen molar-refractivity contribution in [2.24, 2.45) is 5.92 Å². The van der Waals surface area contributed by atoms with Gasteiger partial charge in [0.1, 0.15) is 0 Å². The zero-order valence-corrected chi connectivity index (χ0v) is 14.4. The summed E-state index contributed by atoms with van der Waals surface area (Å²) in [5.74, 6) is 0.848. The molecule has 1 heterocycles. The molecule has 0 aromatic heterocycles. The average molecular weight is 288 g/mol. The lowest BCUT2D eigenvalue weighted by Crippen LogP contribution is -2.49. The SMILES string of the molecule is CC1CCN(CC(C)(CNC(C)(C)C)c2ccccc2)C1. The first-order valence-electron chi connectivity index (χ1n) is 8.31. The third kappa shape index (κ3) is 4.82. The molecule has 1 aromatic carbocycles. The van der Waals surface area contributed by atoms with Gasteiger partial charge in [-0.05, 0) is 45.2 Å². The molecule has 2 nitrogen and oxygen atoms in total. The van der Waals surface area contributed by atoms with Crippen LogP contribution in [0.4, 0.5) is 0 Å². The van der Waals surface area contributed by atoms with E-state index in [9.17, 15) is 0 Å². The van der Waals surface area contributed by atoms with E-state index in [1.54, 1.807) is 0 Å². The minimum absolute atomic E-state index is 0.161. The second-order valence-electron chi connectivity index (χ2n) is 8.16. The molecule has 0 aliphatic carbocycles. The fraction of sp³-hybridized carbons (Fsp3) is 0.684. The summed E-state index contributed by atoms with van der Waals surface area (Å²) in [7, 11) is 0. The van der Waals surface area contributed by atoms with Crippen LogP contribution in [0.1, 0.15) is 46.6 Å². The topological polar surface area (TPSA) is 15.3 Å². The van der Waals surface area contributed by atoms with Gasteiger partial charge in [0.2, 0.25) is 0 Å². The molecule has 0 radical (unpaired) electrons. The van der Waals surface area contributed by atoms with E-state index >= 15 is 0 Å². The molecule has 0 amide bonds. The number of benzene rings is 1. The van der Waals surface area contributed by atoms with Crippen molar-refractivity contribution in [3.05, 3.63) is 35.9 Å². The Hall–Kier alpha value is -0.860. The van der Waals surface area contributed by atoms with Crippen LogP contribution in [0.15, 0.2) is 30.3 Å². The third-order valence-corrected chi connectivity index (χ3v) is 4.56. The van der Waals surface area contributed by atoms with Crippen molar-refractivity contribution in [1.29, 1.82) is 0 Å². The molecule has 2 atom stereocenters. The van der Waals surface area contributed by atoms with Crippen LogP contribution in [0, 0.1) is 5.92 Å². The quantitative estimate of drug-likeness (QED) is 0.889. The van der Waals surface area contributed by atoms with Crippen molar-refractivity contribution < 1.29 is 0 Å². The van der Waals surface area contributed by atoms with E-state index in [2.05, 4.69) is 75.2 Å². The molecule has 1 aliphatic heterocycles. The lowest BCUT2D eigenvalue weighted by Gasteiger charge is -2.37. The summed E-state index contributed by atoms with van der Waals surface area (Å²) in [5.41, 5.74) is 1.77. The Morgan fingerprint density at radius 3 is 2.33 bits per heavy atom. The van der Waals surface area contributed by atoms with E-state index < -0.39 is 0 Å². The number of hydrogen-bond acceptors (Lipinski definition) is 2. The summed E-state index contributed by atoms with van der Waals surface area (Å²) in [6.45, 7) is 16.2. The van der Waals surface area contributed by atoms with E-state index in [0.29, 0.717) is 0 Å². The Morgan fingerprint density at radius 2 is 1.81 bits per heavy atom. The van der Waals surface area contributed by atoms with Gasteiger partial charge in [-0.1, -0.05) is 44.2 Å². The van der Waals surface area contributed by atoms with Gasteiger partial charge >= 0.3 is 0 Å². The molecular weight excluding hydrogens is 256 g/mol. The van der Waals surface area contributed by atoms with Crippen LogP contribution in [-0.2, 0) is 5.41 Å². The maximum absolute atomic E-state index is 3.72. The largest absolute Gasteiger partial charge is 0.311 e. The van der Waals surface area contributed by atoms with Gasteiger partial charge in [0.25, 0.3) is 0 Å². The van der Waals surface area contributed by atoms with E-state index in [4.69, 9.17) is 0 Å². The summed E-state index contributed by atoms with van der Waals surface area (Å²) in [4.78, 5) is 2.64. The first-order chi connectivity index (χ1) is 9.78. The van der Waals surface area contributed by atoms with Crippen molar-refractivity contribution in [2.45, 2.75) is 52.0 Å². The molecule has 1 fully saturated rings. The van der Waals surface area contributed by atoms with Crippen LogP contribution in [0.25, 0.3) is 0 Å². The molecule has 2 unspecified atom stereocenters. The zero-order valence-electron chi connectivity index (χ0n) is 14.4. The highest BCUT2D eigenvalue weighted by atomic mass is 15.2. The summed E-state index contributed by atoms with van der Waals surface area (Å²) in [6, 6.07) is 11.0. The molecule has 2 heteroatoms. The number of likely N-dealkylation sites (tertiary alicyclic amines) is 1. The molecule has 118 valence electrons. The fourth-order valence-electron chi connectivity index (χ4n) is 3.21. The van der Waals surface area contributed by atoms with Crippen molar-refractivity contribution in [3.8, 4) is 0 Å². The smallest absolute Gasteiger partial charge is 0.0177 e. The van der Waals surface area contributed by atoms with Crippen molar-refractivity contribution >= 4 is 0 Å². The molecule has 2 rings (SSSR count). The van der Waals surface area contributed by atoms with Gasteiger partial charge in [-0.15, -0.1) is 0 Å². The monoisotopic (exact) mass is 288 g/mol. The molecule has 1 aliphatic rings. The normalized spacial score (nSPS) is 23.2. The lowest BCUT2D eigenvalue weighted by atomic mass is 9.81. The first kappa shape index (κ1) is 16.5. The number of nitrogens with one attached hydrogen (secondary N) is 1. The van der Waals surface area contributed by atoms with Crippen LogP contribution in [0.2, 0.25) is 0 Å². The van der Waals surface area contributed by atoms with E-state index in [1.807, 2.05) is 0 Å². The molecule has 1 aromatic rings. The van der Waals surface area contributed by atoms with E-state index in [1.165, 1.54) is 25.1 Å². The number of nitrogens with zero attached hydrogens (tertiary/aromatic N) is 1. The highest BCUT2D eigenvalue weighted by Gasteiger charge is 2.32. The first-order valence-corrected chi connectivity index (χ1v) is 8.31. The molecule has 1 saturated heterocycles. The standard InChI is InChI=1S/C19H32N2/c1-16-11-12-21(13-16)15-19(5,14-20-18(2,3)4)17-9-7-6-8-10-17/h6-10,16,20H,11-15H2,1-5H3. The second kappa shape index (κ2) is 6.50. The molecule has 1 N–H and O–H groups in total. The fourth-order valence-corrected chi connectivity index (χ4v) is 3.21. The Labute approximate surface area is 130 Å². The van der Waals surface area contributed by atoms with Crippen molar-refractivity contribution in [2.75, 3.05) is 26.2 Å². The van der Waals surface area contributed by atoms with Gasteiger partial charge in [-0.25, -0.2) is 0 Å². The second-order valence-corrected chi connectivity index (χ2v) is 8.16. The molecule has 21 heavy (non-hydrogen) atoms. The Bertz CT molecular complexity index is 435. The predicted octanol–water partition coefficient (Wildman–Crippen LogP) is 3.67. The Kier molecular flexibility index (Phi) is 5.11. The van der Waals surface area contributed by atoms with Crippen LogP contribution in [0.5, 0.6) is 0 Å². The molecule has 0 spiro atoms. The third-order valence-electron chi connectivity index (χ3n) is 4.56. The maximum atomic E-state index is 3.72. The van der Waals surface area contributed by atoms with Crippen LogP contribution < -0.4 is 5.32 Å². The summed E-state index contributed by atoms with van der Waals surface area (Å²) < 4.78 is 0. The van der Waals surface area contributed by atoms with E-state index in [0.717, 1.165) is 19.0 Å². The van der Waals surface area contributed by atoms with Crippen LogP contribution in [0.3, 0.4) is 0 Å². The highest BCUT2D eigenvalue weighted by molar-refractivity contribution is 5.26. The summed E-state index contributed by atoms with van der Waals surface area (Å²) in [6.07, 6.45) is 1.34. The predicted molar refractivity (Wildman–Crippen MR) is 91.8 cm³/mol. The Balaban J connectivity index is 2.13. The van der Waals surface area contributed by atoms with Gasteiger partial charge in [0.15, 0.2) is 0 Å². The zero-order chi connectivity index (χ0) is 15.5. The van der Waals surface area contributed by atoms with E-state index in [-0.39, 0.29) is 11.0 Å². The average Bonchev–Trinajstić information content (AvgIpc) is 2.82. The lowest BCUT2D eigenvalue weighted by molar-refractivity contribution is 0.231. The van der Waals surface area contributed by atoms with Gasteiger partial charge in [0, 0.05) is 30.6 Å². The molecule has 0 bridgehead atoms. The van der Waals surface area contributed by atoms with Crippen molar-refractivity contribution in [3.63, 3.8) is 0 Å². The van der Waals surface area contributed by atoms with Gasteiger partial charge in [-0.3, -0.25) is 0 Å². The Morgan fingerprint density at radius 1 is 1.14 bits per heavy atom. The van der Waals surface area contributed by atoms with Gasteiger partial charge in [-0.2, -0.15) is 0 Å². The van der Waals surface area contributed by atoms with Gasteiger partial charge < -0.3 is 10.2 Å². The summed E-state index contributed by atoms with van der Waals surface area (Å²) >= 11 is 0. The minimum Gasteiger partial charge on any atom is -0.311 e. The van der Waals surface area contributed by atoms with Crippen LogP contribution >= 0.6 is 0 Å². The maximum Gasteiger partial charge on any atom is 0.0177 e. The van der Waals surface area contributed by atoms with Gasteiger partial charge in [0.05, 0.1) is 0 Å². The van der Waals surface area contributed by atoms with Crippen LogP contribution in [-0.4, -0.2) is 36.6 Å². The number of hydrogen-bond donors (Lipinski definition) is 1. The van der Waals surface area contributed by atoms with Crippen molar-refractivity contribution in [1.82, 2.24) is 10.2 Å².